The van der Waals surface area contributed by atoms with E-state index in [0.29, 0.717) is 16.8 Å². The van der Waals surface area contributed by atoms with Crippen LogP contribution in [0, 0.1) is 12.7 Å². The van der Waals surface area contributed by atoms with Crippen LogP contribution in [0.25, 0.3) is 11.1 Å². The third kappa shape index (κ3) is 5.85. The minimum atomic E-state index is -1.37. The van der Waals surface area contributed by atoms with Gasteiger partial charge in [0.25, 0.3) is 0 Å². The van der Waals surface area contributed by atoms with Gasteiger partial charge in [-0.15, -0.1) is 11.3 Å². The number of hydrogen-bond acceptors (Lipinski definition) is 6. The molecule has 2 N–H and O–H groups in total. The number of carboxylic acid groups (broad SMARTS) is 1. The first kappa shape index (κ1) is 24.4. The molecule has 0 aliphatic carbocycles. The van der Waals surface area contributed by atoms with Crippen LogP contribution in [0.3, 0.4) is 0 Å². The molecule has 0 aliphatic heterocycles. The van der Waals surface area contributed by atoms with Gasteiger partial charge in [0.1, 0.15) is 5.82 Å². The van der Waals surface area contributed by atoms with E-state index in [1.165, 1.54) is 17.4 Å². The molecule has 4 rings (SSSR count). The zero-order valence-corrected chi connectivity index (χ0v) is 20.1. The van der Waals surface area contributed by atoms with Crippen LogP contribution >= 0.6 is 22.9 Å². The van der Waals surface area contributed by atoms with E-state index in [9.17, 15) is 10.0 Å². The van der Waals surface area contributed by atoms with Gasteiger partial charge in [0, 0.05) is 46.3 Å². The number of aromatic nitrogens is 1. The Hall–Kier alpha value is -3.75. The fraction of sp³-hybridized carbons (Fsp3) is 0.115. The van der Waals surface area contributed by atoms with Gasteiger partial charge in [-0.05, 0) is 53.4 Å². The van der Waals surface area contributed by atoms with Crippen LogP contribution in [0.2, 0.25) is 5.02 Å². The third-order valence-electron chi connectivity index (χ3n) is 5.50. The maximum atomic E-state index is 15.0. The van der Waals surface area contributed by atoms with Crippen LogP contribution < -0.4 is 4.74 Å². The number of pyridine rings is 1. The minimum absolute atomic E-state index is 0.229. The molecular weight excluding hydrogens is 491 g/mol. The summed E-state index contributed by atoms with van der Waals surface area (Å²) in [5, 5.41) is 24.4. The molecular formula is C26H20ClFN2O4S. The normalized spacial score (nSPS) is 12.4. The van der Waals surface area contributed by atoms with Gasteiger partial charge in [-0.3, -0.25) is 4.98 Å². The zero-order chi connectivity index (χ0) is 24.9. The molecule has 0 aliphatic rings. The Morgan fingerprint density at radius 1 is 1.14 bits per heavy atom. The lowest BCUT2D eigenvalue weighted by atomic mass is 9.84. The molecule has 9 heteroatoms. The second-order valence-corrected chi connectivity index (χ2v) is 9.11. The van der Waals surface area contributed by atoms with Crippen molar-refractivity contribution in [2.45, 2.75) is 19.3 Å². The molecule has 35 heavy (non-hydrogen) atoms. The van der Waals surface area contributed by atoms with E-state index in [-0.39, 0.29) is 16.5 Å². The number of nitrogens with zero attached hydrogens (tertiary/aromatic N) is 2. The standard InChI is InChI=1S/C26H20ClFN2O4S/c1-15-10-18(8-9-29-15)24(30-33)13-22(21-7-6-20(27)12-23(21)28)17-4-2-16(3-5-17)19-11-25(35-14-19)34-26(31)32/h2-12,14,22,33H,13H2,1H3,(H,31,32)/b30-24+. The predicted molar refractivity (Wildman–Crippen MR) is 134 cm³/mol. The zero-order valence-electron chi connectivity index (χ0n) is 18.5. The second-order valence-electron chi connectivity index (χ2n) is 7.80. The van der Waals surface area contributed by atoms with Crippen molar-refractivity contribution >= 4 is 34.8 Å². The van der Waals surface area contributed by atoms with Crippen LogP contribution in [-0.2, 0) is 0 Å². The van der Waals surface area contributed by atoms with E-state index in [4.69, 9.17) is 21.4 Å². The smallest absolute Gasteiger partial charge is 0.449 e. The number of hydrogen-bond donors (Lipinski definition) is 2. The Morgan fingerprint density at radius 2 is 1.91 bits per heavy atom. The molecule has 2 aromatic carbocycles. The van der Waals surface area contributed by atoms with Crippen molar-refractivity contribution in [1.29, 1.82) is 0 Å². The van der Waals surface area contributed by atoms with E-state index >= 15 is 4.39 Å². The Bertz CT molecular complexity index is 1390. The molecule has 0 saturated carbocycles. The molecule has 6 nitrogen and oxygen atoms in total. The first-order chi connectivity index (χ1) is 16.8. The lowest BCUT2D eigenvalue weighted by Gasteiger charge is -2.20. The lowest BCUT2D eigenvalue weighted by molar-refractivity contribution is 0.146. The van der Waals surface area contributed by atoms with Gasteiger partial charge in [0.2, 0.25) is 0 Å². The molecule has 1 unspecified atom stereocenters. The molecule has 2 aromatic heterocycles. The van der Waals surface area contributed by atoms with E-state index in [1.807, 2.05) is 31.2 Å². The molecule has 0 saturated heterocycles. The van der Waals surface area contributed by atoms with Crippen molar-refractivity contribution in [1.82, 2.24) is 4.98 Å². The number of halogens is 2. The van der Waals surface area contributed by atoms with Gasteiger partial charge < -0.3 is 15.1 Å². The predicted octanol–water partition coefficient (Wildman–Crippen LogP) is 7.37. The van der Waals surface area contributed by atoms with Crippen LogP contribution in [-0.4, -0.2) is 27.2 Å². The summed E-state index contributed by atoms with van der Waals surface area (Å²) in [6.07, 6.45) is 0.492. The summed E-state index contributed by atoms with van der Waals surface area (Å²) < 4.78 is 19.7. The highest BCUT2D eigenvalue weighted by Gasteiger charge is 2.22. The topological polar surface area (TPSA) is 92.0 Å². The monoisotopic (exact) mass is 510 g/mol. The molecule has 0 radical (unpaired) electrons. The van der Waals surface area contributed by atoms with E-state index in [0.717, 1.165) is 22.4 Å². The molecule has 0 fully saturated rings. The molecule has 0 bridgehead atoms. The summed E-state index contributed by atoms with van der Waals surface area (Å²) >= 11 is 7.16. The van der Waals surface area contributed by atoms with Gasteiger partial charge in [0.05, 0.1) is 5.71 Å². The summed E-state index contributed by atoms with van der Waals surface area (Å²) in [7, 11) is 0. The number of rotatable bonds is 7. The average molecular weight is 511 g/mol. The van der Waals surface area contributed by atoms with E-state index in [2.05, 4.69) is 10.1 Å². The largest absolute Gasteiger partial charge is 0.512 e. The maximum Gasteiger partial charge on any atom is 0.512 e. The van der Waals surface area contributed by atoms with Crippen molar-refractivity contribution in [3.05, 3.63) is 105 Å². The van der Waals surface area contributed by atoms with Crippen molar-refractivity contribution in [2.24, 2.45) is 5.16 Å². The maximum absolute atomic E-state index is 15.0. The number of benzene rings is 2. The minimum Gasteiger partial charge on any atom is -0.449 e. The molecule has 0 amide bonds. The quantitative estimate of drug-likeness (QED) is 0.117. The molecule has 0 spiro atoms. The number of oxime groups is 1. The number of carbonyl (C=O) groups is 1. The summed E-state index contributed by atoms with van der Waals surface area (Å²) in [5.41, 5.74) is 4.73. The summed E-state index contributed by atoms with van der Waals surface area (Å²) in [6, 6.07) is 17.2. The van der Waals surface area contributed by atoms with Gasteiger partial charge in [-0.25, -0.2) is 9.18 Å². The summed E-state index contributed by atoms with van der Waals surface area (Å²) in [6.45, 7) is 1.84. The number of aryl methyl sites for hydroxylation is 1. The first-order valence-corrected chi connectivity index (χ1v) is 11.8. The van der Waals surface area contributed by atoms with Crippen LogP contribution in [0.5, 0.6) is 5.06 Å². The van der Waals surface area contributed by atoms with Crippen molar-refractivity contribution < 1.29 is 24.2 Å². The van der Waals surface area contributed by atoms with Gasteiger partial charge in [-0.2, -0.15) is 0 Å². The van der Waals surface area contributed by atoms with Crippen LogP contribution in [0.1, 0.15) is 34.7 Å². The Balaban J connectivity index is 1.69. The first-order valence-electron chi connectivity index (χ1n) is 10.5. The molecule has 2 heterocycles. The van der Waals surface area contributed by atoms with Crippen LogP contribution in [0.15, 0.2) is 77.4 Å². The fourth-order valence-corrected chi connectivity index (χ4v) is 4.76. The summed E-state index contributed by atoms with van der Waals surface area (Å²) in [4.78, 5) is 14.9. The van der Waals surface area contributed by atoms with Crippen LogP contribution in [0.4, 0.5) is 9.18 Å². The summed E-state index contributed by atoms with van der Waals surface area (Å²) in [5.74, 6) is -0.919. The fourth-order valence-electron chi connectivity index (χ4n) is 3.84. The molecule has 1 atom stereocenters. The Kier molecular flexibility index (Phi) is 7.43. The average Bonchev–Trinajstić information content (AvgIpc) is 3.28. The number of ether oxygens (including phenoxy) is 1. The Morgan fingerprint density at radius 3 is 2.57 bits per heavy atom. The third-order valence-corrected chi connectivity index (χ3v) is 6.54. The second kappa shape index (κ2) is 10.7. The highest BCUT2D eigenvalue weighted by Crippen LogP contribution is 2.35. The van der Waals surface area contributed by atoms with E-state index < -0.39 is 17.9 Å². The van der Waals surface area contributed by atoms with Crippen molar-refractivity contribution in [3.8, 4) is 16.2 Å². The van der Waals surface area contributed by atoms with Crippen molar-refractivity contribution in [3.63, 3.8) is 0 Å². The SMILES string of the molecule is Cc1cc(/C(CC(c2ccc(-c3csc(OC(=O)O)c3)cc2)c2ccc(Cl)cc2F)=N/O)ccn1. The van der Waals surface area contributed by atoms with Gasteiger partial charge in [-0.1, -0.05) is 47.1 Å². The Labute approximate surface area is 209 Å². The highest BCUT2D eigenvalue weighted by atomic mass is 35.5. The van der Waals surface area contributed by atoms with Gasteiger partial charge in [0.15, 0.2) is 5.06 Å². The highest BCUT2D eigenvalue weighted by molar-refractivity contribution is 7.12. The lowest BCUT2D eigenvalue weighted by Crippen LogP contribution is -2.12. The molecule has 178 valence electrons. The molecule has 4 aromatic rings. The van der Waals surface area contributed by atoms with Crippen molar-refractivity contribution in [2.75, 3.05) is 0 Å². The number of thiophene rings is 1. The van der Waals surface area contributed by atoms with Gasteiger partial charge >= 0.3 is 6.16 Å². The van der Waals surface area contributed by atoms with E-state index in [1.54, 1.807) is 41.9 Å².